The van der Waals surface area contributed by atoms with Gasteiger partial charge in [-0.2, -0.15) is 4.98 Å². The third-order valence-electron chi connectivity index (χ3n) is 2.55. The zero-order valence-corrected chi connectivity index (χ0v) is 11.7. The molecule has 0 aliphatic carbocycles. The van der Waals surface area contributed by atoms with Crippen molar-refractivity contribution in [2.45, 2.75) is 13.3 Å². The summed E-state index contributed by atoms with van der Waals surface area (Å²) in [5.74, 6) is 0.550. The zero-order valence-electron chi connectivity index (χ0n) is 10.9. The third kappa shape index (κ3) is 3.90. The standard InChI is InChI=1S/C11H17N5O2S/c1-9-5-3-6-10-14-11(15-16(9)10)12-7-4-8-13-19(2,17)18/h3,5-6,13H,4,7-8H2,1-2H3,(H,12,15). The fourth-order valence-electron chi connectivity index (χ4n) is 1.66. The molecule has 0 unspecified atom stereocenters. The van der Waals surface area contributed by atoms with E-state index >= 15 is 0 Å². The number of hydrogen-bond acceptors (Lipinski definition) is 5. The van der Waals surface area contributed by atoms with Gasteiger partial charge in [-0.3, -0.25) is 0 Å². The van der Waals surface area contributed by atoms with Gasteiger partial charge in [0.15, 0.2) is 5.65 Å². The molecule has 0 bridgehead atoms. The topological polar surface area (TPSA) is 88.4 Å². The molecule has 2 N–H and O–H groups in total. The van der Waals surface area contributed by atoms with Crippen LogP contribution in [0.2, 0.25) is 0 Å². The van der Waals surface area contributed by atoms with E-state index in [0.29, 0.717) is 25.5 Å². The van der Waals surface area contributed by atoms with Crippen LogP contribution in [0.5, 0.6) is 0 Å². The third-order valence-corrected chi connectivity index (χ3v) is 3.28. The van der Waals surface area contributed by atoms with E-state index in [1.54, 1.807) is 4.52 Å². The molecule has 0 aromatic carbocycles. The maximum atomic E-state index is 10.9. The summed E-state index contributed by atoms with van der Waals surface area (Å²) in [4.78, 5) is 4.32. The Balaban J connectivity index is 1.87. The van der Waals surface area contributed by atoms with Crippen LogP contribution in [0, 0.1) is 6.92 Å². The van der Waals surface area contributed by atoms with Gasteiger partial charge >= 0.3 is 0 Å². The second kappa shape index (κ2) is 5.54. The van der Waals surface area contributed by atoms with E-state index < -0.39 is 10.0 Å². The van der Waals surface area contributed by atoms with Crippen LogP contribution in [0.4, 0.5) is 5.95 Å². The lowest BCUT2D eigenvalue weighted by Gasteiger charge is -2.02. The molecule has 0 atom stereocenters. The molecule has 19 heavy (non-hydrogen) atoms. The summed E-state index contributed by atoms with van der Waals surface area (Å²) < 4.78 is 25.9. The van der Waals surface area contributed by atoms with Crippen LogP contribution in [0.3, 0.4) is 0 Å². The van der Waals surface area contributed by atoms with Crippen LogP contribution in [0.1, 0.15) is 12.1 Å². The van der Waals surface area contributed by atoms with E-state index in [0.717, 1.165) is 17.6 Å². The van der Waals surface area contributed by atoms with E-state index in [-0.39, 0.29) is 0 Å². The van der Waals surface area contributed by atoms with Crippen molar-refractivity contribution >= 4 is 21.6 Å². The van der Waals surface area contributed by atoms with Gasteiger partial charge in [-0.05, 0) is 25.5 Å². The zero-order chi connectivity index (χ0) is 13.9. The lowest BCUT2D eigenvalue weighted by atomic mass is 10.4. The fraction of sp³-hybridized carbons (Fsp3) is 0.455. The Hall–Kier alpha value is -1.67. The first-order valence-electron chi connectivity index (χ1n) is 5.96. The van der Waals surface area contributed by atoms with E-state index in [9.17, 15) is 8.42 Å². The first-order valence-corrected chi connectivity index (χ1v) is 7.86. The fourth-order valence-corrected chi connectivity index (χ4v) is 2.17. The highest BCUT2D eigenvalue weighted by Gasteiger charge is 2.04. The van der Waals surface area contributed by atoms with Crippen molar-refractivity contribution in [1.29, 1.82) is 0 Å². The Kier molecular flexibility index (Phi) is 4.01. The van der Waals surface area contributed by atoms with Gasteiger partial charge in [0, 0.05) is 18.8 Å². The van der Waals surface area contributed by atoms with Crippen LogP contribution in [0.25, 0.3) is 5.65 Å². The van der Waals surface area contributed by atoms with E-state index in [1.165, 1.54) is 0 Å². The van der Waals surface area contributed by atoms with Crippen molar-refractivity contribution in [3.63, 3.8) is 0 Å². The van der Waals surface area contributed by atoms with Gasteiger partial charge in [0.1, 0.15) is 0 Å². The number of nitrogens with one attached hydrogen (secondary N) is 2. The van der Waals surface area contributed by atoms with E-state index in [4.69, 9.17) is 0 Å². The summed E-state index contributed by atoms with van der Waals surface area (Å²) in [5.41, 5.74) is 1.80. The summed E-state index contributed by atoms with van der Waals surface area (Å²) in [5, 5.41) is 7.38. The van der Waals surface area contributed by atoms with Crippen molar-refractivity contribution < 1.29 is 8.42 Å². The molecule has 104 valence electrons. The minimum absolute atomic E-state index is 0.401. The normalized spacial score (nSPS) is 11.9. The molecule has 0 saturated heterocycles. The molecular formula is C11H17N5O2S. The number of hydrogen-bond donors (Lipinski definition) is 2. The number of sulfonamides is 1. The van der Waals surface area contributed by atoms with Crippen LogP contribution in [-0.4, -0.2) is 42.4 Å². The largest absolute Gasteiger partial charge is 0.353 e. The molecule has 8 heteroatoms. The van der Waals surface area contributed by atoms with Gasteiger partial charge in [-0.1, -0.05) is 6.07 Å². The Morgan fingerprint density at radius 3 is 2.79 bits per heavy atom. The minimum Gasteiger partial charge on any atom is -0.353 e. The molecule has 0 saturated carbocycles. The predicted octanol–water partition coefficient (Wildman–Crippen LogP) is 0.389. The SMILES string of the molecule is Cc1cccc2nc(NCCCNS(C)(=O)=O)nn12. The van der Waals surface area contributed by atoms with Gasteiger partial charge in [-0.25, -0.2) is 17.7 Å². The quantitative estimate of drug-likeness (QED) is 0.749. The molecular weight excluding hydrogens is 266 g/mol. The smallest absolute Gasteiger partial charge is 0.243 e. The van der Waals surface area contributed by atoms with Gasteiger partial charge in [0.05, 0.1) is 6.26 Å². The number of aryl methyl sites for hydroxylation is 1. The Bertz CT molecular complexity index is 665. The number of rotatable bonds is 6. The molecule has 0 radical (unpaired) electrons. The van der Waals surface area contributed by atoms with Gasteiger partial charge in [0.25, 0.3) is 0 Å². The molecule has 2 heterocycles. The van der Waals surface area contributed by atoms with Crippen molar-refractivity contribution in [2.24, 2.45) is 0 Å². The number of aromatic nitrogens is 3. The monoisotopic (exact) mass is 283 g/mol. The summed E-state index contributed by atoms with van der Waals surface area (Å²) in [6, 6.07) is 5.77. The second-order valence-corrected chi connectivity index (χ2v) is 6.15. The van der Waals surface area contributed by atoms with Crippen molar-refractivity contribution in [1.82, 2.24) is 19.3 Å². The summed E-state index contributed by atoms with van der Waals surface area (Å²) in [6.07, 6.45) is 1.81. The lowest BCUT2D eigenvalue weighted by Crippen LogP contribution is -2.24. The van der Waals surface area contributed by atoms with Crippen LogP contribution in [0.15, 0.2) is 18.2 Å². The summed E-state index contributed by atoms with van der Waals surface area (Å²) >= 11 is 0. The van der Waals surface area contributed by atoms with Gasteiger partial charge < -0.3 is 5.32 Å². The first kappa shape index (κ1) is 13.8. The number of nitrogens with zero attached hydrogens (tertiary/aromatic N) is 3. The average molecular weight is 283 g/mol. The van der Waals surface area contributed by atoms with Crippen molar-refractivity contribution in [3.05, 3.63) is 23.9 Å². The number of pyridine rings is 1. The molecule has 0 amide bonds. The summed E-state index contributed by atoms with van der Waals surface area (Å²) in [7, 11) is -3.11. The molecule has 0 fully saturated rings. The number of anilines is 1. The highest BCUT2D eigenvalue weighted by Crippen LogP contribution is 2.07. The highest BCUT2D eigenvalue weighted by atomic mass is 32.2. The molecule has 2 rings (SSSR count). The molecule has 0 aliphatic rings. The molecule has 2 aromatic rings. The maximum Gasteiger partial charge on any atom is 0.243 e. The van der Waals surface area contributed by atoms with Crippen LogP contribution < -0.4 is 10.0 Å². The molecule has 7 nitrogen and oxygen atoms in total. The average Bonchev–Trinajstić information content (AvgIpc) is 2.71. The lowest BCUT2D eigenvalue weighted by molar-refractivity contribution is 0.586. The van der Waals surface area contributed by atoms with E-state index in [1.807, 2.05) is 25.1 Å². The first-order chi connectivity index (χ1) is 8.96. The van der Waals surface area contributed by atoms with Gasteiger partial charge in [0.2, 0.25) is 16.0 Å². The Morgan fingerprint density at radius 2 is 2.11 bits per heavy atom. The molecule has 2 aromatic heterocycles. The van der Waals surface area contributed by atoms with Crippen LogP contribution >= 0.6 is 0 Å². The van der Waals surface area contributed by atoms with Crippen molar-refractivity contribution in [3.8, 4) is 0 Å². The van der Waals surface area contributed by atoms with Crippen LogP contribution in [-0.2, 0) is 10.0 Å². The highest BCUT2D eigenvalue weighted by molar-refractivity contribution is 7.88. The Morgan fingerprint density at radius 1 is 1.32 bits per heavy atom. The summed E-state index contributed by atoms with van der Waals surface area (Å²) in [6.45, 7) is 2.97. The minimum atomic E-state index is -3.11. The predicted molar refractivity (Wildman–Crippen MR) is 73.7 cm³/mol. The molecule has 0 aliphatic heterocycles. The molecule has 0 spiro atoms. The second-order valence-electron chi connectivity index (χ2n) is 4.32. The van der Waals surface area contributed by atoms with E-state index in [2.05, 4.69) is 20.1 Å². The van der Waals surface area contributed by atoms with Gasteiger partial charge in [-0.15, -0.1) is 5.10 Å². The Labute approximate surface area is 112 Å². The van der Waals surface area contributed by atoms with Crippen molar-refractivity contribution in [2.75, 3.05) is 24.7 Å². The number of fused-ring (bicyclic) bond motifs is 1. The maximum absolute atomic E-state index is 10.9.